The van der Waals surface area contributed by atoms with Crippen molar-refractivity contribution in [3.05, 3.63) is 198 Å². The van der Waals surface area contributed by atoms with Gasteiger partial charge in [0.2, 0.25) is 0 Å². The Kier molecular flexibility index (Phi) is 12.4. The van der Waals surface area contributed by atoms with E-state index in [0.717, 1.165) is 68.6 Å². The molecule has 0 N–H and O–H groups in total. The van der Waals surface area contributed by atoms with E-state index >= 15 is 0 Å². The summed E-state index contributed by atoms with van der Waals surface area (Å²) in [6, 6.07) is 63.7. The molecule has 6 heteroatoms. The second-order valence-corrected chi connectivity index (χ2v) is 21.4. The van der Waals surface area contributed by atoms with E-state index in [1.807, 2.05) is 60.3 Å². The molecule has 0 aromatic heterocycles. The summed E-state index contributed by atoms with van der Waals surface area (Å²) in [6.07, 6.45) is 7.48. The Balaban J connectivity index is 1.07. The lowest BCUT2D eigenvalue weighted by atomic mass is 10.0. The van der Waals surface area contributed by atoms with Crippen molar-refractivity contribution in [3.63, 3.8) is 0 Å². The molecule has 0 saturated heterocycles. The topological polar surface area (TPSA) is 54.1 Å². The number of aryl methyl sites for hydroxylation is 1. The lowest BCUT2D eigenvalue weighted by Gasteiger charge is -2.27. The van der Waals surface area contributed by atoms with Gasteiger partial charge in [-0.1, -0.05) is 110 Å². The second-order valence-electron chi connectivity index (χ2n) is 15.3. The Labute approximate surface area is 349 Å². The fraction of sp³-hybridized carbons (Fsp3) is 0.115. The summed E-state index contributed by atoms with van der Waals surface area (Å²) in [6.45, 7) is 7.10. The van der Waals surface area contributed by atoms with Crippen molar-refractivity contribution in [2.24, 2.45) is 0 Å². The summed E-state index contributed by atoms with van der Waals surface area (Å²) in [4.78, 5) is 4.48. The Bertz CT molecular complexity index is 2540. The lowest BCUT2D eigenvalue weighted by Crippen LogP contribution is -2.37. The molecule has 0 radical (unpaired) electrons. The van der Waals surface area contributed by atoms with Crippen LogP contribution in [0, 0.1) is 22.7 Å². The predicted octanol–water partition coefficient (Wildman–Crippen LogP) is 13.7. The molecule has 0 aliphatic rings. The molecule has 284 valence electrons. The molecule has 0 amide bonds. The molecule has 0 atom stereocenters. The van der Waals surface area contributed by atoms with Crippen molar-refractivity contribution in [1.82, 2.24) is 0 Å². The van der Waals surface area contributed by atoms with Gasteiger partial charge in [0.05, 0.1) is 31.3 Å². The van der Waals surface area contributed by atoms with Gasteiger partial charge in [0.25, 0.3) is 0 Å². The summed E-state index contributed by atoms with van der Waals surface area (Å²) in [5, 5.41) is 20.2. The minimum Gasteiger partial charge on any atom is -0.311 e. The van der Waals surface area contributed by atoms with Crippen LogP contribution in [-0.2, 0) is 6.42 Å². The molecular weight excluding hydrogens is 741 g/mol. The Morgan fingerprint density at radius 2 is 0.793 bits per heavy atom. The molecule has 0 fully saturated rings. The van der Waals surface area contributed by atoms with Gasteiger partial charge in [-0.3, -0.25) is 0 Å². The van der Waals surface area contributed by atoms with Crippen LogP contribution in [0.1, 0.15) is 27.8 Å². The maximum Gasteiger partial charge on any atom is 0.0991 e. The fourth-order valence-corrected chi connectivity index (χ4v) is 8.53. The lowest BCUT2D eigenvalue weighted by molar-refractivity contribution is 1.15. The molecule has 7 rings (SSSR count). The van der Waals surface area contributed by atoms with Gasteiger partial charge in [-0.2, -0.15) is 22.3 Å². The number of thioether (sulfide) groups is 1. The highest BCUT2D eigenvalue weighted by molar-refractivity contribution is 7.98. The van der Waals surface area contributed by atoms with Gasteiger partial charge in [0.15, 0.2) is 0 Å². The van der Waals surface area contributed by atoms with Crippen molar-refractivity contribution in [1.29, 1.82) is 10.5 Å². The van der Waals surface area contributed by atoms with Crippen LogP contribution in [0.3, 0.4) is 0 Å². The maximum atomic E-state index is 9.40. The van der Waals surface area contributed by atoms with Gasteiger partial charge in [-0.05, 0) is 143 Å². The first-order chi connectivity index (χ1) is 28.2. The molecule has 7 aromatic rings. The van der Waals surface area contributed by atoms with Crippen LogP contribution in [-0.4, -0.2) is 20.1 Å². The van der Waals surface area contributed by atoms with Gasteiger partial charge in [-0.25, -0.2) is 0 Å². The highest BCUT2D eigenvalue weighted by atomic mass is 32.2. The first-order valence-corrected chi connectivity index (χ1v) is 24.4. The van der Waals surface area contributed by atoms with E-state index in [1.165, 1.54) is 10.8 Å². The van der Waals surface area contributed by atoms with Gasteiger partial charge >= 0.3 is 0 Å². The summed E-state index contributed by atoms with van der Waals surface area (Å²) in [7, 11) is -1.44. The summed E-state index contributed by atoms with van der Waals surface area (Å²) < 4.78 is 0. The summed E-state index contributed by atoms with van der Waals surface area (Å²) >= 11 is 1.86. The van der Waals surface area contributed by atoms with Crippen LogP contribution in [0.4, 0.5) is 34.1 Å². The normalized spacial score (nSPS) is 11.2. The first-order valence-electron chi connectivity index (χ1n) is 19.5. The maximum absolute atomic E-state index is 9.40. The third kappa shape index (κ3) is 9.51. The van der Waals surface area contributed by atoms with Crippen LogP contribution < -0.4 is 15.0 Å². The minimum atomic E-state index is -1.44. The van der Waals surface area contributed by atoms with E-state index in [0.29, 0.717) is 11.1 Å². The van der Waals surface area contributed by atoms with E-state index in [4.69, 9.17) is 0 Å². The zero-order valence-corrected chi connectivity index (χ0v) is 35.2. The smallest absolute Gasteiger partial charge is 0.0991 e. The van der Waals surface area contributed by atoms with Crippen LogP contribution in [0.2, 0.25) is 19.6 Å². The van der Waals surface area contributed by atoms with Crippen molar-refractivity contribution in [3.8, 4) is 23.3 Å². The van der Waals surface area contributed by atoms with E-state index in [2.05, 4.69) is 181 Å². The zero-order valence-electron chi connectivity index (χ0n) is 33.4. The third-order valence-electron chi connectivity index (χ3n) is 10.3. The fourth-order valence-electron chi connectivity index (χ4n) is 6.92. The zero-order chi connectivity index (χ0) is 40.5. The van der Waals surface area contributed by atoms with Crippen LogP contribution in [0.25, 0.3) is 23.3 Å². The average Bonchev–Trinajstić information content (AvgIpc) is 3.27. The van der Waals surface area contributed by atoms with Crippen LogP contribution >= 0.6 is 11.8 Å². The number of nitriles is 2. The molecular formula is C52H46N4SSi. The van der Waals surface area contributed by atoms with Gasteiger partial charge in [0.1, 0.15) is 0 Å². The standard InChI is InChI=1S/C52H46N4SSi/c1-57-36-35-41-11-23-47(24-12-41)55(48-25-13-42(37-53)14-26-48)46-21-9-40(10-22-46)6-5-39-7-17-44(18-8-39)45-19-29-50(30-20-45)56(49-27-15-43(38-54)16-28-49)51-31-33-52(34-32-51)58(2,3)4/h5-34H,35-36H2,1-4H3/b6-5+. The highest BCUT2D eigenvalue weighted by Crippen LogP contribution is 2.37. The molecule has 58 heavy (non-hydrogen) atoms. The number of hydrogen-bond acceptors (Lipinski definition) is 5. The number of benzene rings is 7. The quantitative estimate of drug-likeness (QED) is 0.0861. The largest absolute Gasteiger partial charge is 0.311 e. The molecule has 0 aliphatic heterocycles. The molecule has 7 aromatic carbocycles. The van der Waals surface area contributed by atoms with Crippen LogP contribution in [0.15, 0.2) is 170 Å². The van der Waals surface area contributed by atoms with Crippen molar-refractivity contribution in [2.75, 3.05) is 21.8 Å². The third-order valence-corrected chi connectivity index (χ3v) is 13.0. The minimum absolute atomic E-state index is 0.643. The van der Waals surface area contributed by atoms with Crippen molar-refractivity contribution < 1.29 is 0 Å². The monoisotopic (exact) mass is 786 g/mol. The van der Waals surface area contributed by atoms with E-state index < -0.39 is 8.07 Å². The van der Waals surface area contributed by atoms with Gasteiger partial charge in [0, 0.05) is 34.1 Å². The summed E-state index contributed by atoms with van der Waals surface area (Å²) in [5.74, 6) is 1.10. The van der Waals surface area contributed by atoms with Crippen molar-refractivity contribution in [2.45, 2.75) is 26.1 Å². The second kappa shape index (κ2) is 18.1. The Hall–Kier alpha value is -6.57. The Morgan fingerprint density at radius 3 is 1.17 bits per heavy atom. The number of rotatable bonds is 13. The van der Waals surface area contributed by atoms with E-state index in [9.17, 15) is 10.5 Å². The number of nitrogens with zero attached hydrogens (tertiary/aromatic N) is 4. The Morgan fingerprint density at radius 1 is 0.466 bits per heavy atom. The van der Waals surface area contributed by atoms with Gasteiger partial charge in [-0.15, -0.1) is 0 Å². The molecule has 0 saturated carbocycles. The average molecular weight is 787 g/mol. The SMILES string of the molecule is CSCCc1ccc(N(c2ccc(C#N)cc2)c2ccc(/C=C/c3ccc(-c4ccc(N(c5ccc(C#N)cc5)c5ccc([Si](C)(C)C)cc5)cc4)cc3)cc2)cc1. The highest BCUT2D eigenvalue weighted by Gasteiger charge is 2.18. The number of hydrogen-bond donors (Lipinski definition) is 0. The predicted molar refractivity (Wildman–Crippen MR) is 251 cm³/mol. The number of anilines is 6. The molecule has 0 bridgehead atoms. The first kappa shape index (κ1) is 39.7. The molecule has 4 nitrogen and oxygen atoms in total. The van der Waals surface area contributed by atoms with Gasteiger partial charge < -0.3 is 9.80 Å². The molecule has 0 unspecified atom stereocenters. The molecule has 0 aliphatic carbocycles. The summed E-state index contributed by atoms with van der Waals surface area (Å²) in [5.41, 5.74) is 13.4. The molecule has 0 heterocycles. The van der Waals surface area contributed by atoms with Crippen molar-refractivity contribution >= 4 is 71.3 Å². The van der Waals surface area contributed by atoms with E-state index in [-0.39, 0.29) is 0 Å². The van der Waals surface area contributed by atoms with Crippen LogP contribution in [0.5, 0.6) is 0 Å². The molecule has 0 spiro atoms. The van der Waals surface area contributed by atoms with E-state index in [1.54, 1.807) is 0 Å².